The Kier molecular flexibility index (Phi) is 3.72. The van der Waals surface area contributed by atoms with Gasteiger partial charge in [-0.25, -0.2) is 0 Å². The summed E-state index contributed by atoms with van der Waals surface area (Å²) in [6.45, 7) is 1.66. The molecule has 0 amide bonds. The van der Waals surface area contributed by atoms with E-state index in [0.717, 1.165) is 0 Å². The molecular formula is C11H10N2O3. The summed E-state index contributed by atoms with van der Waals surface area (Å²) in [4.78, 5) is 21.4. The first-order valence-corrected chi connectivity index (χ1v) is 4.72. The topological polar surface area (TPSA) is 84.0 Å². The van der Waals surface area contributed by atoms with Gasteiger partial charge in [0.1, 0.15) is 0 Å². The first kappa shape index (κ1) is 11.9. The first-order chi connectivity index (χ1) is 7.54. The van der Waals surface area contributed by atoms with E-state index in [4.69, 9.17) is 5.26 Å². The molecule has 1 aromatic carbocycles. The van der Waals surface area contributed by atoms with E-state index in [1.54, 1.807) is 6.92 Å². The Morgan fingerprint density at radius 3 is 2.50 bits per heavy atom. The number of hydrogen-bond acceptors (Lipinski definition) is 4. The van der Waals surface area contributed by atoms with Crippen molar-refractivity contribution in [3.05, 3.63) is 39.9 Å². The number of Topliss-reactive ketones (excluding diaryl/α,β-unsaturated/α-hetero) is 1. The number of rotatable bonds is 4. The standard InChI is InChI=1S/C11H10N2O3/c1-8(7-12)6-11(14)9-2-4-10(5-3-9)13(15)16/h2-5,8H,6H2,1H3. The van der Waals surface area contributed by atoms with Crippen molar-refractivity contribution in [2.45, 2.75) is 13.3 Å². The van der Waals surface area contributed by atoms with Gasteiger partial charge in [-0.3, -0.25) is 14.9 Å². The number of nitriles is 1. The third kappa shape index (κ3) is 2.89. The predicted octanol–water partition coefficient (Wildman–Crippen LogP) is 2.33. The molecule has 16 heavy (non-hydrogen) atoms. The van der Waals surface area contributed by atoms with Crippen molar-refractivity contribution in [1.29, 1.82) is 5.26 Å². The van der Waals surface area contributed by atoms with Gasteiger partial charge in [0.05, 0.1) is 16.9 Å². The van der Waals surface area contributed by atoms with Crippen LogP contribution in [0.4, 0.5) is 5.69 Å². The zero-order valence-corrected chi connectivity index (χ0v) is 8.71. The van der Waals surface area contributed by atoms with Crippen LogP contribution < -0.4 is 0 Å². The van der Waals surface area contributed by atoms with Crippen LogP contribution in [0, 0.1) is 27.4 Å². The number of benzene rings is 1. The second-order valence-corrected chi connectivity index (χ2v) is 3.46. The molecule has 0 saturated heterocycles. The van der Waals surface area contributed by atoms with Crippen molar-refractivity contribution in [2.24, 2.45) is 5.92 Å². The Morgan fingerprint density at radius 1 is 1.50 bits per heavy atom. The lowest BCUT2D eigenvalue weighted by molar-refractivity contribution is -0.384. The second-order valence-electron chi connectivity index (χ2n) is 3.46. The number of ketones is 1. The largest absolute Gasteiger partial charge is 0.294 e. The SMILES string of the molecule is CC(C#N)CC(=O)c1ccc([N+](=O)[O-])cc1. The smallest absolute Gasteiger partial charge is 0.269 e. The van der Waals surface area contributed by atoms with Gasteiger partial charge in [0.25, 0.3) is 5.69 Å². The summed E-state index contributed by atoms with van der Waals surface area (Å²) in [5.74, 6) is -0.522. The highest BCUT2D eigenvalue weighted by Gasteiger charge is 2.12. The van der Waals surface area contributed by atoms with Gasteiger partial charge in [-0.1, -0.05) is 0 Å². The maximum absolute atomic E-state index is 11.6. The molecule has 5 heteroatoms. The van der Waals surface area contributed by atoms with Crippen molar-refractivity contribution < 1.29 is 9.72 Å². The van der Waals surface area contributed by atoms with Crippen molar-refractivity contribution in [2.75, 3.05) is 0 Å². The van der Waals surface area contributed by atoms with E-state index < -0.39 is 4.92 Å². The summed E-state index contributed by atoms with van der Waals surface area (Å²) in [5.41, 5.74) is 0.345. The van der Waals surface area contributed by atoms with Crippen molar-refractivity contribution in [1.82, 2.24) is 0 Å². The highest BCUT2D eigenvalue weighted by molar-refractivity contribution is 5.96. The Labute approximate surface area is 92.5 Å². The normalized spacial score (nSPS) is 11.5. The van der Waals surface area contributed by atoms with E-state index >= 15 is 0 Å². The van der Waals surface area contributed by atoms with Crippen LogP contribution in [-0.2, 0) is 0 Å². The lowest BCUT2D eigenvalue weighted by atomic mass is 10.0. The third-order valence-electron chi connectivity index (χ3n) is 2.11. The van der Waals surface area contributed by atoms with Gasteiger partial charge in [-0.05, 0) is 19.1 Å². The number of carbonyl (C=O) groups is 1. The Morgan fingerprint density at radius 2 is 2.06 bits per heavy atom. The van der Waals surface area contributed by atoms with Gasteiger partial charge in [0.15, 0.2) is 5.78 Å². The lowest BCUT2D eigenvalue weighted by Crippen LogP contribution is -2.04. The highest BCUT2D eigenvalue weighted by Crippen LogP contribution is 2.14. The maximum Gasteiger partial charge on any atom is 0.269 e. The first-order valence-electron chi connectivity index (χ1n) is 4.72. The zero-order chi connectivity index (χ0) is 12.1. The molecule has 0 saturated carbocycles. The van der Waals surface area contributed by atoms with Gasteiger partial charge in [-0.15, -0.1) is 0 Å². The molecule has 0 aliphatic carbocycles. The summed E-state index contributed by atoms with van der Waals surface area (Å²) in [7, 11) is 0. The van der Waals surface area contributed by atoms with E-state index in [1.165, 1.54) is 24.3 Å². The van der Waals surface area contributed by atoms with E-state index in [9.17, 15) is 14.9 Å². The quantitative estimate of drug-likeness (QED) is 0.441. The van der Waals surface area contributed by atoms with Crippen LogP contribution in [0.5, 0.6) is 0 Å². The summed E-state index contributed by atoms with van der Waals surface area (Å²) in [6, 6.07) is 7.34. The fourth-order valence-corrected chi connectivity index (χ4v) is 1.21. The zero-order valence-electron chi connectivity index (χ0n) is 8.71. The Bertz CT molecular complexity index is 445. The van der Waals surface area contributed by atoms with Gasteiger partial charge >= 0.3 is 0 Å². The van der Waals surface area contributed by atoms with Crippen molar-refractivity contribution in [3.63, 3.8) is 0 Å². The molecule has 0 bridgehead atoms. The molecule has 0 radical (unpaired) electrons. The monoisotopic (exact) mass is 218 g/mol. The molecule has 1 unspecified atom stereocenters. The molecule has 1 rings (SSSR count). The summed E-state index contributed by atoms with van der Waals surface area (Å²) < 4.78 is 0. The Balaban J connectivity index is 2.79. The van der Waals surface area contributed by atoms with E-state index in [1.807, 2.05) is 6.07 Å². The summed E-state index contributed by atoms with van der Waals surface area (Å²) in [6.07, 6.45) is 0.133. The minimum Gasteiger partial charge on any atom is -0.294 e. The van der Waals surface area contributed by atoms with Crippen LogP contribution in [0.2, 0.25) is 0 Å². The molecule has 1 aromatic rings. The minimum atomic E-state index is -0.522. The van der Waals surface area contributed by atoms with E-state index in [-0.39, 0.29) is 23.8 Å². The van der Waals surface area contributed by atoms with Crippen LogP contribution in [-0.4, -0.2) is 10.7 Å². The second kappa shape index (κ2) is 5.03. The molecule has 0 N–H and O–H groups in total. The van der Waals surface area contributed by atoms with Gasteiger partial charge in [0.2, 0.25) is 0 Å². The molecule has 0 aromatic heterocycles. The lowest BCUT2D eigenvalue weighted by Gasteiger charge is -2.01. The highest BCUT2D eigenvalue weighted by atomic mass is 16.6. The number of nitro groups is 1. The summed E-state index contributed by atoms with van der Waals surface area (Å²) >= 11 is 0. The number of carbonyl (C=O) groups excluding carboxylic acids is 1. The number of nitrogens with zero attached hydrogens (tertiary/aromatic N) is 2. The van der Waals surface area contributed by atoms with Crippen LogP contribution in [0.25, 0.3) is 0 Å². The van der Waals surface area contributed by atoms with Crippen LogP contribution >= 0.6 is 0 Å². The number of non-ortho nitro benzene ring substituents is 1. The average Bonchev–Trinajstić information content (AvgIpc) is 2.28. The van der Waals surface area contributed by atoms with Gasteiger partial charge < -0.3 is 0 Å². The molecule has 0 spiro atoms. The molecule has 0 fully saturated rings. The minimum absolute atomic E-state index is 0.0510. The molecule has 0 aliphatic rings. The average molecular weight is 218 g/mol. The van der Waals surface area contributed by atoms with E-state index in [2.05, 4.69) is 0 Å². The fraction of sp³-hybridized carbons (Fsp3) is 0.273. The molecule has 82 valence electrons. The predicted molar refractivity (Wildman–Crippen MR) is 56.8 cm³/mol. The van der Waals surface area contributed by atoms with Crippen molar-refractivity contribution in [3.8, 4) is 6.07 Å². The molecule has 0 aliphatic heterocycles. The van der Waals surface area contributed by atoms with Gasteiger partial charge in [-0.2, -0.15) is 5.26 Å². The summed E-state index contributed by atoms with van der Waals surface area (Å²) in [5, 5.41) is 18.9. The van der Waals surface area contributed by atoms with Crippen LogP contribution in [0.1, 0.15) is 23.7 Å². The molecule has 5 nitrogen and oxygen atoms in total. The number of hydrogen-bond donors (Lipinski definition) is 0. The number of nitro benzene ring substituents is 1. The fourth-order valence-electron chi connectivity index (χ4n) is 1.21. The Hall–Kier alpha value is -2.22. The van der Waals surface area contributed by atoms with Crippen LogP contribution in [0.15, 0.2) is 24.3 Å². The molecular weight excluding hydrogens is 208 g/mol. The van der Waals surface area contributed by atoms with Crippen molar-refractivity contribution >= 4 is 11.5 Å². The van der Waals surface area contributed by atoms with E-state index in [0.29, 0.717) is 5.56 Å². The van der Waals surface area contributed by atoms with Crippen LogP contribution in [0.3, 0.4) is 0 Å². The maximum atomic E-state index is 11.6. The molecule has 0 heterocycles. The third-order valence-corrected chi connectivity index (χ3v) is 2.11. The van der Waals surface area contributed by atoms with Gasteiger partial charge in [0, 0.05) is 24.1 Å². The molecule has 1 atom stereocenters.